The molecule has 0 saturated heterocycles. The number of anilines is 1. The number of rotatable bonds is 3. The van der Waals surface area contributed by atoms with E-state index in [4.69, 9.17) is 10.4 Å². The van der Waals surface area contributed by atoms with E-state index in [1.807, 2.05) is 6.07 Å². The van der Waals surface area contributed by atoms with E-state index >= 15 is 0 Å². The predicted octanol–water partition coefficient (Wildman–Crippen LogP) is 2.65. The molecule has 2 aromatic carbocycles. The number of benzene rings is 2. The number of nitrogens with one attached hydrogen (secondary N) is 1. The molecule has 0 aliphatic carbocycles. The number of carboxylic acid groups (broad SMARTS) is 1. The average molecular weight is 284 g/mol. The Kier molecular flexibility index (Phi) is 3.95. The van der Waals surface area contributed by atoms with Gasteiger partial charge >= 0.3 is 5.97 Å². The van der Waals surface area contributed by atoms with Crippen LogP contribution in [0.1, 0.15) is 26.3 Å². The van der Waals surface area contributed by atoms with E-state index in [1.54, 1.807) is 0 Å². The maximum absolute atomic E-state index is 13.6. The molecule has 1 amide bonds. The third-order valence-electron chi connectivity index (χ3n) is 2.72. The van der Waals surface area contributed by atoms with Crippen molar-refractivity contribution in [3.05, 3.63) is 65.0 Å². The maximum atomic E-state index is 13.6. The quantitative estimate of drug-likeness (QED) is 0.906. The minimum atomic E-state index is -1.23. The minimum absolute atomic E-state index is 0.141. The van der Waals surface area contributed by atoms with Crippen molar-refractivity contribution in [3.63, 3.8) is 0 Å². The molecule has 0 aliphatic rings. The van der Waals surface area contributed by atoms with Crippen LogP contribution in [0.4, 0.5) is 10.1 Å². The van der Waals surface area contributed by atoms with Crippen LogP contribution in [0.15, 0.2) is 42.5 Å². The Hall–Kier alpha value is -3.20. The van der Waals surface area contributed by atoms with Crippen molar-refractivity contribution in [1.82, 2.24) is 0 Å². The van der Waals surface area contributed by atoms with Crippen LogP contribution in [-0.4, -0.2) is 17.0 Å². The third-order valence-corrected chi connectivity index (χ3v) is 2.72. The molecule has 0 saturated carbocycles. The lowest BCUT2D eigenvalue weighted by molar-refractivity contribution is 0.0696. The van der Waals surface area contributed by atoms with Crippen LogP contribution in [0.25, 0.3) is 0 Å². The van der Waals surface area contributed by atoms with Crippen LogP contribution in [0.3, 0.4) is 0 Å². The molecule has 0 heterocycles. The van der Waals surface area contributed by atoms with Gasteiger partial charge in [0.05, 0.1) is 22.9 Å². The second-order valence-electron chi connectivity index (χ2n) is 4.15. The van der Waals surface area contributed by atoms with E-state index in [2.05, 4.69) is 5.32 Å². The van der Waals surface area contributed by atoms with Gasteiger partial charge in [0.2, 0.25) is 0 Å². The highest BCUT2D eigenvalue weighted by Crippen LogP contribution is 2.17. The van der Waals surface area contributed by atoms with E-state index in [0.29, 0.717) is 5.56 Å². The fourth-order valence-corrected chi connectivity index (χ4v) is 1.68. The first kappa shape index (κ1) is 14.2. The molecule has 104 valence electrons. The molecule has 0 spiro atoms. The highest BCUT2D eigenvalue weighted by atomic mass is 19.1. The van der Waals surface area contributed by atoms with Crippen molar-refractivity contribution in [3.8, 4) is 6.07 Å². The SMILES string of the molecule is N#Cc1cccc(C(=O)Nc2cc(C(=O)O)ccc2F)c1. The Balaban J connectivity index is 2.29. The van der Waals surface area contributed by atoms with Gasteiger partial charge < -0.3 is 10.4 Å². The molecule has 0 aromatic heterocycles. The average Bonchev–Trinajstić information content (AvgIpc) is 2.49. The van der Waals surface area contributed by atoms with Gasteiger partial charge in [-0.15, -0.1) is 0 Å². The van der Waals surface area contributed by atoms with Crippen molar-refractivity contribution >= 4 is 17.6 Å². The van der Waals surface area contributed by atoms with Crippen molar-refractivity contribution in [2.45, 2.75) is 0 Å². The number of hydrogen-bond acceptors (Lipinski definition) is 3. The normalized spacial score (nSPS) is 9.71. The Labute approximate surface area is 119 Å². The number of amides is 1. The lowest BCUT2D eigenvalue weighted by Crippen LogP contribution is -2.13. The highest BCUT2D eigenvalue weighted by Gasteiger charge is 2.12. The summed E-state index contributed by atoms with van der Waals surface area (Å²) in [5, 5.41) is 19.9. The number of carboxylic acids is 1. The summed E-state index contributed by atoms with van der Waals surface area (Å²) in [5.41, 5.74) is 0.0938. The lowest BCUT2D eigenvalue weighted by Gasteiger charge is -2.07. The van der Waals surface area contributed by atoms with Crippen molar-refractivity contribution in [1.29, 1.82) is 5.26 Å². The summed E-state index contributed by atoms with van der Waals surface area (Å²) in [6, 6.07) is 10.9. The topological polar surface area (TPSA) is 90.2 Å². The standard InChI is InChI=1S/C15H9FN2O3/c16-12-5-4-11(15(20)21)7-13(12)18-14(19)10-3-1-2-9(6-10)8-17/h1-7H,(H,18,19)(H,20,21). The molecule has 0 radical (unpaired) electrons. The largest absolute Gasteiger partial charge is 0.478 e. The molecule has 6 heteroatoms. The zero-order chi connectivity index (χ0) is 15.4. The number of carbonyl (C=O) groups is 2. The van der Waals surface area contributed by atoms with E-state index in [0.717, 1.165) is 18.2 Å². The summed E-state index contributed by atoms with van der Waals surface area (Å²) in [5.74, 6) is -2.60. The Morgan fingerprint density at radius 1 is 1.14 bits per heavy atom. The van der Waals surface area contributed by atoms with Crippen molar-refractivity contribution < 1.29 is 19.1 Å². The zero-order valence-electron chi connectivity index (χ0n) is 10.6. The third kappa shape index (κ3) is 3.22. The summed E-state index contributed by atoms with van der Waals surface area (Å²) in [4.78, 5) is 22.8. The van der Waals surface area contributed by atoms with Crippen molar-refractivity contribution in [2.24, 2.45) is 0 Å². The molecule has 0 fully saturated rings. The lowest BCUT2D eigenvalue weighted by atomic mass is 10.1. The molecule has 0 aliphatic heterocycles. The Bertz CT molecular complexity index is 766. The van der Waals surface area contributed by atoms with Gasteiger partial charge in [-0.3, -0.25) is 4.79 Å². The van der Waals surface area contributed by atoms with Crippen molar-refractivity contribution in [2.75, 3.05) is 5.32 Å². The smallest absolute Gasteiger partial charge is 0.335 e. The summed E-state index contributed by atoms with van der Waals surface area (Å²) in [6.45, 7) is 0. The van der Waals surface area contributed by atoms with Gasteiger partial charge in [-0.25, -0.2) is 9.18 Å². The van der Waals surface area contributed by atoms with Crippen LogP contribution in [0, 0.1) is 17.1 Å². The van der Waals surface area contributed by atoms with Gasteiger partial charge in [0, 0.05) is 5.56 Å². The molecule has 2 N–H and O–H groups in total. The maximum Gasteiger partial charge on any atom is 0.335 e. The monoisotopic (exact) mass is 284 g/mol. The van der Waals surface area contributed by atoms with Gasteiger partial charge in [-0.1, -0.05) is 6.07 Å². The van der Waals surface area contributed by atoms with Gasteiger partial charge in [0.25, 0.3) is 5.91 Å². The molecule has 0 bridgehead atoms. The first-order chi connectivity index (χ1) is 10.0. The van der Waals surface area contributed by atoms with Crippen LogP contribution in [0.5, 0.6) is 0 Å². The molecule has 21 heavy (non-hydrogen) atoms. The summed E-state index contributed by atoms with van der Waals surface area (Å²) in [7, 11) is 0. The molecule has 2 aromatic rings. The van der Waals surface area contributed by atoms with Crippen LogP contribution >= 0.6 is 0 Å². The number of hydrogen-bond donors (Lipinski definition) is 2. The second kappa shape index (κ2) is 5.84. The van der Waals surface area contributed by atoms with E-state index in [-0.39, 0.29) is 16.8 Å². The fraction of sp³-hybridized carbons (Fsp3) is 0. The van der Waals surface area contributed by atoms with E-state index in [1.165, 1.54) is 24.3 Å². The zero-order valence-corrected chi connectivity index (χ0v) is 10.6. The molecule has 0 unspecified atom stereocenters. The van der Waals surface area contributed by atoms with Crippen LogP contribution in [-0.2, 0) is 0 Å². The number of halogens is 1. The number of carbonyl (C=O) groups excluding carboxylic acids is 1. The Morgan fingerprint density at radius 2 is 1.90 bits per heavy atom. The van der Waals surface area contributed by atoms with E-state index < -0.39 is 17.7 Å². The number of aromatic carboxylic acids is 1. The number of nitrogens with zero attached hydrogens (tertiary/aromatic N) is 1. The second-order valence-corrected chi connectivity index (χ2v) is 4.15. The van der Waals surface area contributed by atoms with Gasteiger partial charge in [0.15, 0.2) is 0 Å². The molecule has 5 nitrogen and oxygen atoms in total. The van der Waals surface area contributed by atoms with Crippen LogP contribution in [0.2, 0.25) is 0 Å². The Morgan fingerprint density at radius 3 is 2.57 bits per heavy atom. The summed E-state index contributed by atoms with van der Waals surface area (Å²) >= 11 is 0. The minimum Gasteiger partial charge on any atom is -0.478 e. The highest BCUT2D eigenvalue weighted by molar-refractivity contribution is 6.05. The molecular weight excluding hydrogens is 275 g/mol. The van der Waals surface area contributed by atoms with Gasteiger partial charge in [-0.2, -0.15) is 5.26 Å². The predicted molar refractivity (Wildman–Crippen MR) is 72.5 cm³/mol. The first-order valence-corrected chi connectivity index (χ1v) is 5.85. The number of nitriles is 1. The van der Waals surface area contributed by atoms with Gasteiger partial charge in [0.1, 0.15) is 5.82 Å². The summed E-state index contributed by atoms with van der Waals surface area (Å²) in [6.07, 6.45) is 0. The molecule has 0 atom stereocenters. The fourth-order valence-electron chi connectivity index (χ4n) is 1.68. The molecular formula is C15H9FN2O3. The summed E-state index contributed by atoms with van der Waals surface area (Å²) < 4.78 is 13.6. The molecule has 2 rings (SSSR count). The first-order valence-electron chi connectivity index (χ1n) is 5.85. The van der Waals surface area contributed by atoms with Gasteiger partial charge in [-0.05, 0) is 36.4 Å². The van der Waals surface area contributed by atoms with E-state index in [9.17, 15) is 14.0 Å². The van der Waals surface area contributed by atoms with Crippen LogP contribution < -0.4 is 5.32 Å².